The van der Waals surface area contributed by atoms with Gasteiger partial charge in [-0.2, -0.15) is 0 Å². The van der Waals surface area contributed by atoms with Gasteiger partial charge in [-0.05, 0) is 40.5 Å². The van der Waals surface area contributed by atoms with Crippen LogP contribution in [-0.2, 0) is 6.54 Å². The normalized spacial score (nSPS) is 10.4. The molecule has 1 aromatic heterocycles. The minimum absolute atomic E-state index is 0.00285. The van der Waals surface area contributed by atoms with Gasteiger partial charge in [-0.15, -0.1) is 0 Å². The SMILES string of the molecule is Cc1ccc(Cn2cccc(Br)c2=O)cc1. The number of pyridine rings is 1. The summed E-state index contributed by atoms with van der Waals surface area (Å²) in [4.78, 5) is 11.8. The van der Waals surface area contributed by atoms with Gasteiger partial charge in [0.15, 0.2) is 0 Å². The molecular formula is C13H12BrNO. The first-order chi connectivity index (χ1) is 7.66. The average molecular weight is 278 g/mol. The van der Waals surface area contributed by atoms with E-state index in [0.29, 0.717) is 11.0 Å². The fourth-order valence-corrected chi connectivity index (χ4v) is 1.90. The van der Waals surface area contributed by atoms with Crippen LogP contribution in [0.4, 0.5) is 0 Å². The quantitative estimate of drug-likeness (QED) is 0.827. The highest BCUT2D eigenvalue weighted by molar-refractivity contribution is 9.10. The van der Waals surface area contributed by atoms with Gasteiger partial charge in [-0.1, -0.05) is 29.8 Å². The lowest BCUT2D eigenvalue weighted by molar-refractivity contribution is 0.755. The Bertz CT molecular complexity index is 543. The highest BCUT2D eigenvalue weighted by atomic mass is 79.9. The van der Waals surface area contributed by atoms with E-state index in [-0.39, 0.29) is 5.56 Å². The van der Waals surface area contributed by atoms with E-state index in [2.05, 4.69) is 35.0 Å². The van der Waals surface area contributed by atoms with Crippen molar-refractivity contribution in [2.45, 2.75) is 13.5 Å². The van der Waals surface area contributed by atoms with Crippen LogP contribution in [-0.4, -0.2) is 4.57 Å². The molecule has 0 aliphatic carbocycles. The van der Waals surface area contributed by atoms with E-state index in [1.807, 2.05) is 18.2 Å². The molecule has 0 aliphatic heterocycles. The zero-order valence-electron chi connectivity index (χ0n) is 8.98. The largest absolute Gasteiger partial charge is 0.310 e. The third-order valence-corrected chi connectivity index (χ3v) is 3.05. The molecule has 0 spiro atoms. The standard InChI is InChI=1S/C13H12BrNO/c1-10-4-6-11(7-5-10)9-15-8-2-3-12(14)13(15)16/h2-8H,9H2,1H3. The second-order valence-electron chi connectivity index (χ2n) is 3.77. The number of nitrogens with zero attached hydrogens (tertiary/aromatic N) is 1. The molecular weight excluding hydrogens is 266 g/mol. The predicted octanol–water partition coefficient (Wildman–Crippen LogP) is 2.97. The summed E-state index contributed by atoms with van der Waals surface area (Å²) >= 11 is 3.24. The molecule has 0 radical (unpaired) electrons. The molecule has 0 saturated carbocycles. The molecule has 16 heavy (non-hydrogen) atoms. The molecule has 0 saturated heterocycles. The maximum Gasteiger partial charge on any atom is 0.265 e. The zero-order valence-corrected chi connectivity index (χ0v) is 10.6. The second kappa shape index (κ2) is 4.66. The van der Waals surface area contributed by atoms with Gasteiger partial charge in [-0.3, -0.25) is 4.79 Å². The first-order valence-electron chi connectivity index (χ1n) is 5.07. The number of hydrogen-bond acceptors (Lipinski definition) is 1. The second-order valence-corrected chi connectivity index (χ2v) is 4.63. The Morgan fingerprint density at radius 1 is 1.19 bits per heavy atom. The fourth-order valence-electron chi connectivity index (χ4n) is 1.52. The Labute approximate surface area is 103 Å². The van der Waals surface area contributed by atoms with Gasteiger partial charge in [0.05, 0.1) is 11.0 Å². The summed E-state index contributed by atoms with van der Waals surface area (Å²) in [5, 5.41) is 0. The summed E-state index contributed by atoms with van der Waals surface area (Å²) in [6.45, 7) is 2.66. The van der Waals surface area contributed by atoms with Gasteiger partial charge < -0.3 is 4.57 Å². The van der Waals surface area contributed by atoms with Gasteiger partial charge in [0.2, 0.25) is 0 Å². The van der Waals surface area contributed by atoms with Gasteiger partial charge in [0.1, 0.15) is 0 Å². The summed E-state index contributed by atoms with van der Waals surface area (Å²) in [6, 6.07) is 11.8. The Morgan fingerprint density at radius 3 is 2.56 bits per heavy atom. The first kappa shape index (κ1) is 11.1. The summed E-state index contributed by atoms with van der Waals surface area (Å²) in [5.41, 5.74) is 2.36. The maximum atomic E-state index is 11.8. The molecule has 0 N–H and O–H groups in total. The minimum Gasteiger partial charge on any atom is -0.310 e. The molecule has 0 bridgehead atoms. The molecule has 2 nitrogen and oxygen atoms in total. The van der Waals surface area contributed by atoms with Gasteiger partial charge in [-0.25, -0.2) is 0 Å². The fraction of sp³-hybridized carbons (Fsp3) is 0.154. The van der Waals surface area contributed by atoms with Crippen molar-refractivity contribution >= 4 is 15.9 Å². The number of halogens is 1. The molecule has 82 valence electrons. The van der Waals surface area contributed by atoms with Gasteiger partial charge in [0, 0.05) is 6.20 Å². The van der Waals surface area contributed by atoms with Crippen LogP contribution in [0.15, 0.2) is 51.9 Å². The lowest BCUT2D eigenvalue weighted by Crippen LogP contribution is -2.20. The van der Waals surface area contributed by atoms with E-state index >= 15 is 0 Å². The molecule has 1 aromatic carbocycles. The molecule has 0 fully saturated rings. The highest BCUT2D eigenvalue weighted by Crippen LogP contribution is 2.06. The lowest BCUT2D eigenvalue weighted by Gasteiger charge is -2.06. The van der Waals surface area contributed by atoms with Crippen molar-refractivity contribution in [3.8, 4) is 0 Å². The van der Waals surface area contributed by atoms with Crippen molar-refractivity contribution in [1.29, 1.82) is 0 Å². The van der Waals surface area contributed by atoms with Gasteiger partial charge >= 0.3 is 0 Å². The summed E-state index contributed by atoms with van der Waals surface area (Å²) in [7, 11) is 0. The molecule has 2 rings (SSSR count). The van der Waals surface area contributed by atoms with Crippen LogP contribution in [0.1, 0.15) is 11.1 Å². The number of rotatable bonds is 2. The highest BCUT2D eigenvalue weighted by Gasteiger charge is 2.00. The molecule has 1 heterocycles. The molecule has 2 aromatic rings. The number of aromatic nitrogens is 1. The van der Waals surface area contributed by atoms with Crippen LogP contribution in [0.2, 0.25) is 0 Å². The van der Waals surface area contributed by atoms with E-state index in [1.54, 1.807) is 16.8 Å². The van der Waals surface area contributed by atoms with E-state index in [4.69, 9.17) is 0 Å². The molecule has 0 atom stereocenters. The van der Waals surface area contributed by atoms with Crippen molar-refractivity contribution in [1.82, 2.24) is 4.57 Å². The predicted molar refractivity (Wildman–Crippen MR) is 68.7 cm³/mol. The number of benzene rings is 1. The Hall–Kier alpha value is -1.35. The van der Waals surface area contributed by atoms with Crippen LogP contribution >= 0.6 is 15.9 Å². The van der Waals surface area contributed by atoms with Crippen molar-refractivity contribution in [3.63, 3.8) is 0 Å². The number of hydrogen-bond donors (Lipinski definition) is 0. The minimum atomic E-state index is 0.00285. The summed E-state index contributed by atoms with van der Waals surface area (Å²) in [5.74, 6) is 0. The Kier molecular flexibility index (Phi) is 3.25. The van der Waals surface area contributed by atoms with Crippen LogP contribution in [0.5, 0.6) is 0 Å². The monoisotopic (exact) mass is 277 g/mol. The van der Waals surface area contributed by atoms with E-state index < -0.39 is 0 Å². The van der Waals surface area contributed by atoms with Crippen LogP contribution in [0.25, 0.3) is 0 Å². The third-order valence-electron chi connectivity index (χ3n) is 2.45. The number of aryl methyl sites for hydroxylation is 1. The van der Waals surface area contributed by atoms with E-state index in [9.17, 15) is 4.79 Å². The smallest absolute Gasteiger partial charge is 0.265 e. The van der Waals surface area contributed by atoms with E-state index in [1.165, 1.54) is 5.56 Å². The Balaban J connectivity index is 2.31. The zero-order chi connectivity index (χ0) is 11.5. The summed E-state index contributed by atoms with van der Waals surface area (Å²) < 4.78 is 2.29. The van der Waals surface area contributed by atoms with Crippen molar-refractivity contribution < 1.29 is 0 Å². The van der Waals surface area contributed by atoms with Crippen molar-refractivity contribution in [3.05, 3.63) is 68.5 Å². The molecule has 3 heteroatoms. The first-order valence-corrected chi connectivity index (χ1v) is 5.86. The van der Waals surface area contributed by atoms with Gasteiger partial charge in [0.25, 0.3) is 5.56 Å². The molecule has 0 aliphatic rings. The van der Waals surface area contributed by atoms with E-state index in [0.717, 1.165) is 5.56 Å². The van der Waals surface area contributed by atoms with Crippen molar-refractivity contribution in [2.75, 3.05) is 0 Å². The maximum absolute atomic E-state index is 11.8. The van der Waals surface area contributed by atoms with Crippen molar-refractivity contribution in [2.24, 2.45) is 0 Å². The molecule has 0 unspecified atom stereocenters. The Morgan fingerprint density at radius 2 is 1.88 bits per heavy atom. The van der Waals surface area contributed by atoms with Crippen LogP contribution < -0.4 is 5.56 Å². The topological polar surface area (TPSA) is 22.0 Å². The molecule has 0 amide bonds. The average Bonchev–Trinajstić information content (AvgIpc) is 2.28. The van der Waals surface area contributed by atoms with Crippen LogP contribution in [0, 0.1) is 6.92 Å². The lowest BCUT2D eigenvalue weighted by atomic mass is 10.1. The third kappa shape index (κ3) is 2.42. The van der Waals surface area contributed by atoms with Crippen LogP contribution in [0.3, 0.4) is 0 Å². The summed E-state index contributed by atoms with van der Waals surface area (Å²) in [6.07, 6.45) is 1.80.